The van der Waals surface area contributed by atoms with Crippen LogP contribution in [0.3, 0.4) is 0 Å². The highest BCUT2D eigenvalue weighted by Gasteiger charge is 2.31. The van der Waals surface area contributed by atoms with E-state index >= 15 is 0 Å². The van der Waals surface area contributed by atoms with Gasteiger partial charge in [-0.15, -0.1) is 11.3 Å². The van der Waals surface area contributed by atoms with E-state index in [1.807, 2.05) is 53.9 Å². The van der Waals surface area contributed by atoms with E-state index < -0.39 is 0 Å². The molecule has 2 heterocycles. The summed E-state index contributed by atoms with van der Waals surface area (Å²) in [5.41, 5.74) is 4.02. The molecule has 5 nitrogen and oxygen atoms in total. The lowest BCUT2D eigenvalue weighted by atomic mass is 10.1. The smallest absolute Gasteiger partial charge is 0.279 e. The number of hydrogen-bond donors (Lipinski definition) is 0. The Morgan fingerprint density at radius 1 is 1.12 bits per heavy atom. The molecule has 7 heteroatoms. The number of carbonyl (C=O) groups is 1. The van der Waals surface area contributed by atoms with E-state index in [9.17, 15) is 4.79 Å². The number of benzene rings is 2. The van der Waals surface area contributed by atoms with Gasteiger partial charge in [0.05, 0.1) is 11.4 Å². The van der Waals surface area contributed by atoms with E-state index in [1.54, 1.807) is 23.7 Å². The normalized spacial score (nSPS) is 15.8. The summed E-state index contributed by atoms with van der Waals surface area (Å²) < 4.78 is 2.73. The van der Waals surface area contributed by atoms with Gasteiger partial charge in [0.25, 0.3) is 5.91 Å². The van der Waals surface area contributed by atoms with Gasteiger partial charge in [-0.1, -0.05) is 46.3 Å². The number of fused-ring (bicyclic) bond motifs is 1. The van der Waals surface area contributed by atoms with Crippen molar-refractivity contribution < 1.29 is 4.79 Å². The van der Waals surface area contributed by atoms with Crippen LogP contribution < -0.4 is 9.70 Å². The molecule has 0 radical (unpaired) electrons. The van der Waals surface area contributed by atoms with Gasteiger partial charge in [0.1, 0.15) is 0 Å². The topological polar surface area (TPSA) is 50.0 Å². The molecular weight excluding hydrogens is 412 g/mol. The van der Waals surface area contributed by atoms with E-state index in [2.05, 4.69) is 20.9 Å². The highest BCUT2D eigenvalue weighted by molar-refractivity contribution is 9.10. The second kappa shape index (κ2) is 6.66. The van der Waals surface area contributed by atoms with Crippen molar-refractivity contribution in [3.05, 3.63) is 68.7 Å². The summed E-state index contributed by atoms with van der Waals surface area (Å²) in [5.74, 6) is -0.118. The molecule has 0 spiro atoms. The van der Waals surface area contributed by atoms with E-state index in [0.717, 1.165) is 31.8 Å². The molecular formula is C19H15BrN4OS. The molecule has 2 aromatic carbocycles. The maximum Gasteiger partial charge on any atom is 0.279 e. The third kappa shape index (κ3) is 2.73. The highest BCUT2D eigenvalue weighted by Crippen LogP contribution is 2.29. The lowest BCUT2D eigenvalue weighted by Crippen LogP contribution is -2.27. The van der Waals surface area contributed by atoms with Crippen LogP contribution in [0.25, 0.3) is 11.3 Å². The first-order valence-electron chi connectivity index (χ1n) is 7.96. The summed E-state index contributed by atoms with van der Waals surface area (Å²) in [6.45, 7) is 0. The molecule has 1 aliphatic rings. The Hall–Kier alpha value is -2.51. The number of thiazole rings is 1. The number of likely N-dealkylation sites (N-methyl/N-ethyl adjacent to an activating group) is 1. The molecule has 0 atom stereocenters. The van der Waals surface area contributed by atoms with Crippen LogP contribution in [0.5, 0.6) is 0 Å². The second-order valence-corrected chi connectivity index (χ2v) is 7.53. The zero-order chi connectivity index (χ0) is 18.3. The van der Waals surface area contributed by atoms with E-state index in [4.69, 9.17) is 5.10 Å². The van der Waals surface area contributed by atoms with Crippen molar-refractivity contribution in [3.8, 4) is 11.3 Å². The highest BCUT2D eigenvalue weighted by atomic mass is 79.9. The fourth-order valence-electron chi connectivity index (χ4n) is 2.94. The van der Waals surface area contributed by atoms with Gasteiger partial charge in [-0.05, 0) is 18.2 Å². The summed E-state index contributed by atoms with van der Waals surface area (Å²) >= 11 is 5.00. The monoisotopic (exact) mass is 426 g/mol. The molecule has 26 heavy (non-hydrogen) atoms. The van der Waals surface area contributed by atoms with Crippen LogP contribution in [0.1, 0.15) is 5.56 Å². The number of para-hydroxylation sites is 1. The summed E-state index contributed by atoms with van der Waals surface area (Å²) in [6.07, 6.45) is 0. The first-order valence-corrected chi connectivity index (χ1v) is 9.63. The van der Waals surface area contributed by atoms with Crippen LogP contribution in [0.2, 0.25) is 0 Å². The SMILES string of the molecule is CN=c1scc(-c2cccc(Br)c2)n1N=C1C(=O)N(C)c2ccccc21. The van der Waals surface area contributed by atoms with Crippen LogP contribution in [-0.2, 0) is 4.79 Å². The summed E-state index contributed by atoms with van der Waals surface area (Å²) in [5, 5.41) is 6.71. The predicted molar refractivity (Wildman–Crippen MR) is 109 cm³/mol. The lowest BCUT2D eigenvalue weighted by Gasteiger charge is -2.07. The fourth-order valence-corrected chi connectivity index (χ4v) is 4.14. The molecule has 1 amide bonds. The van der Waals surface area contributed by atoms with Crippen LogP contribution in [0.15, 0.2) is 68.5 Å². The van der Waals surface area contributed by atoms with E-state index in [0.29, 0.717) is 5.71 Å². The first kappa shape index (κ1) is 16.9. The zero-order valence-corrected chi connectivity index (χ0v) is 16.6. The van der Waals surface area contributed by atoms with Gasteiger partial charge >= 0.3 is 0 Å². The summed E-state index contributed by atoms with van der Waals surface area (Å²) in [7, 11) is 3.49. The number of anilines is 1. The van der Waals surface area contributed by atoms with E-state index in [-0.39, 0.29) is 5.91 Å². The van der Waals surface area contributed by atoms with Gasteiger partial charge < -0.3 is 4.90 Å². The van der Waals surface area contributed by atoms with Gasteiger partial charge in [-0.3, -0.25) is 9.79 Å². The Balaban J connectivity index is 1.94. The molecule has 0 bridgehead atoms. The quantitative estimate of drug-likeness (QED) is 0.615. The number of carbonyl (C=O) groups excluding carboxylic acids is 1. The van der Waals surface area contributed by atoms with Crippen LogP contribution in [0, 0.1) is 0 Å². The zero-order valence-electron chi connectivity index (χ0n) is 14.2. The van der Waals surface area contributed by atoms with Crippen molar-refractivity contribution in [1.29, 1.82) is 0 Å². The van der Waals surface area contributed by atoms with Crippen molar-refractivity contribution in [2.75, 3.05) is 19.0 Å². The number of aromatic nitrogens is 1. The molecule has 3 aromatic rings. The average Bonchev–Trinajstić information content (AvgIpc) is 3.17. The number of hydrogen-bond acceptors (Lipinski definition) is 4. The first-order chi connectivity index (χ1) is 12.6. The fraction of sp³-hybridized carbons (Fsp3) is 0.105. The number of halogens is 1. The van der Waals surface area contributed by atoms with Crippen LogP contribution in [-0.4, -0.2) is 30.4 Å². The molecule has 1 aromatic heterocycles. The summed E-state index contributed by atoms with van der Waals surface area (Å²) in [4.78, 5) is 19.4. The molecule has 0 saturated heterocycles. The minimum atomic E-state index is -0.118. The van der Waals surface area contributed by atoms with Gasteiger partial charge in [0.2, 0.25) is 4.80 Å². The Morgan fingerprint density at radius 3 is 2.69 bits per heavy atom. The third-order valence-corrected chi connectivity index (χ3v) is 5.63. The molecule has 0 fully saturated rings. The maximum atomic E-state index is 12.7. The standard InChI is InChI=1S/C19H15BrN4OS/c1-21-19-24(16(11-26-19)12-6-5-7-13(20)10-12)22-17-14-8-3-4-9-15(14)23(2)18(17)25/h3-11H,1-2H3. The largest absolute Gasteiger partial charge is 0.309 e. The minimum Gasteiger partial charge on any atom is -0.309 e. The van der Waals surface area contributed by atoms with Crippen LogP contribution in [0.4, 0.5) is 5.69 Å². The second-order valence-electron chi connectivity index (χ2n) is 5.78. The Bertz CT molecular complexity index is 1110. The third-order valence-electron chi connectivity index (χ3n) is 4.22. The molecule has 4 rings (SSSR count). The van der Waals surface area contributed by atoms with E-state index in [1.165, 1.54) is 11.3 Å². The summed E-state index contributed by atoms with van der Waals surface area (Å²) in [6, 6.07) is 15.7. The van der Waals surface area contributed by atoms with Crippen molar-refractivity contribution in [1.82, 2.24) is 4.68 Å². The maximum absolute atomic E-state index is 12.7. The number of rotatable bonds is 2. The van der Waals surface area contributed by atoms with Crippen molar-refractivity contribution in [2.45, 2.75) is 0 Å². The van der Waals surface area contributed by atoms with Crippen LogP contribution >= 0.6 is 27.3 Å². The molecule has 0 N–H and O–H groups in total. The number of nitrogens with zero attached hydrogens (tertiary/aromatic N) is 4. The van der Waals surface area contributed by atoms with Gasteiger partial charge in [-0.25, -0.2) is 4.68 Å². The minimum absolute atomic E-state index is 0.118. The lowest BCUT2D eigenvalue weighted by molar-refractivity contribution is -0.112. The molecule has 1 aliphatic heterocycles. The Labute approximate surface area is 163 Å². The van der Waals surface area contributed by atoms with Gasteiger partial charge in [-0.2, -0.15) is 5.10 Å². The van der Waals surface area contributed by atoms with Crippen molar-refractivity contribution in [2.24, 2.45) is 10.1 Å². The van der Waals surface area contributed by atoms with Crippen molar-refractivity contribution in [3.63, 3.8) is 0 Å². The molecule has 0 unspecified atom stereocenters. The Morgan fingerprint density at radius 2 is 1.92 bits per heavy atom. The number of amides is 1. The van der Waals surface area contributed by atoms with Gasteiger partial charge in [0.15, 0.2) is 5.71 Å². The molecule has 130 valence electrons. The van der Waals surface area contributed by atoms with Gasteiger partial charge in [0, 0.05) is 35.1 Å². The average molecular weight is 427 g/mol. The Kier molecular flexibility index (Phi) is 4.34. The van der Waals surface area contributed by atoms with Crippen molar-refractivity contribution >= 4 is 44.6 Å². The predicted octanol–water partition coefficient (Wildman–Crippen LogP) is 3.74. The molecule has 0 saturated carbocycles. The molecule has 0 aliphatic carbocycles.